The summed E-state index contributed by atoms with van der Waals surface area (Å²) in [5.41, 5.74) is 0. The lowest BCUT2D eigenvalue weighted by atomic mass is 10.3. The molecule has 2 rings (SSSR count). The van der Waals surface area contributed by atoms with E-state index in [0.29, 0.717) is 5.75 Å². The molecule has 0 atom stereocenters. The van der Waals surface area contributed by atoms with E-state index in [2.05, 4.69) is 27.7 Å². The van der Waals surface area contributed by atoms with Crippen LogP contribution in [0.1, 0.15) is 18.7 Å². The first-order valence-electron chi connectivity index (χ1n) is 7.05. The van der Waals surface area contributed by atoms with Crippen LogP contribution in [0.25, 0.3) is 0 Å². The zero-order chi connectivity index (χ0) is 15.1. The van der Waals surface area contributed by atoms with Gasteiger partial charge < -0.3 is 9.47 Å². The number of nitrogens with zero attached hydrogens (tertiary/aromatic N) is 4. The molecule has 0 aliphatic heterocycles. The Bertz CT molecular complexity index is 549. The maximum atomic E-state index is 12.0. The normalized spacial score (nSPS) is 10.8. The van der Waals surface area contributed by atoms with Crippen molar-refractivity contribution in [2.75, 3.05) is 18.8 Å². The molecular formula is C14H20N4OS2. The SMILES string of the molecule is CCN(CC)C(=O)CSc1nncn1CCc1cccs1. The van der Waals surface area contributed by atoms with Crippen LogP contribution < -0.4 is 0 Å². The van der Waals surface area contributed by atoms with Crippen LogP contribution in [0.3, 0.4) is 0 Å². The Kier molecular flexibility index (Phi) is 6.25. The van der Waals surface area contributed by atoms with Crippen molar-refractivity contribution >= 4 is 29.0 Å². The van der Waals surface area contributed by atoms with E-state index in [1.54, 1.807) is 17.7 Å². The smallest absolute Gasteiger partial charge is 0.233 e. The molecule has 0 saturated carbocycles. The van der Waals surface area contributed by atoms with E-state index in [1.807, 2.05) is 23.3 Å². The van der Waals surface area contributed by atoms with Gasteiger partial charge in [-0.25, -0.2) is 0 Å². The average molecular weight is 324 g/mol. The van der Waals surface area contributed by atoms with Crippen LogP contribution in [0.4, 0.5) is 0 Å². The van der Waals surface area contributed by atoms with Crippen LogP contribution in [0.5, 0.6) is 0 Å². The number of carbonyl (C=O) groups is 1. The molecule has 0 aliphatic rings. The van der Waals surface area contributed by atoms with Gasteiger partial charge in [-0.3, -0.25) is 4.79 Å². The van der Waals surface area contributed by atoms with Crippen molar-refractivity contribution in [1.29, 1.82) is 0 Å². The molecule has 0 radical (unpaired) electrons. The summed E-state index contributed by atoms with van der Waals surface area (Å²) in [6.45, 7) is 6.34. The molecule has 114 valence electrons. The molecule has 2 aromatic rings. The van der Waals surface area contributed by atoms with Crippen molar-refractivity contribution in [2.45, 2.75) is 32.0 Å². The largest absolute Gasteiger partial charge is 0.343 e. The highest BCUT2D eigenvalue weighted by atomic mass is 32.2. The maximum Gasteiger partial charge on any atom is 0.233 e. The van der Waals surface area contributed by atoms with Crippen LogP contribution in [0.15, 0.2) is 29.0 Å². The van der Waals surface area contributed by atoms with Crippen LogP contribution in [0, 0.1) is 0 Å². The highest BCUT2D eigenvalue weighted by molar-refractivity contribution is 7.99. The Morgan fingerprint density at radius 2 is 2.24 bits per heavy atom. The Balaban J connectivity index is 1.86. The minimum absolute atomic E-state index is 0.151. The fraction of sp³-hybridized carbons (Fsp3) is 0.500. The van der Waals surface area contributed by atoms with Crippen molar-refractivity contribution in [3.63, 3.8) is 0 Å². The van der Waals surface area contributed by atoms with Gasteiger partial charge in [-0.2, -0.15) is 0 Å². The number of carbonyl (C=O) groups excluding carboxylic acids is 1. The monoisotopic (exact) mass is 324 g/mol. The summed E-state index contributed by atoms with van der Waals surface area (Å²) >= 11 is 3.22. The zero-order valence-electron chi connectivity index (χ0n) is 12.4. The van der Waals surface area contributed by atoms with Crippen LogP contribution in [0.2, 0.25) is 0 Å². The third kappa shape index (κ3) is 4.57. The van der Waals surface area contributed by atoms with Gasteiger partial charge >= 0.3 is 0 Å². The first-order valence-corrected chi connectivity index (χ1v) is 8.91. The lowest BCUT2D eigenvalue weighted by molar-refractivity contribution is -0.127. The third-order valence-electron chi connectivity index (χ3n) is 3.20. The topological polar surface area (TPSA) is 51.0 Å². The quantitative estimate of drug-likeness (QED) is 0.700. The van der Waals surface area contributed by atoms with E-state index in [-0.39, 0.29) is 5.91 Å². The average Bonchev–Trinajstić information content (AvgIpc) is 3.15. The number of amides is 1. The summed E-state index contributed by atoms with van der Waals surface area (Å²) in [5, 5.41) is 11.0. The Morgan fingerprint density at radius 3 is 2.90 bits per heavy atom. The second-order valence-corrected chi connectivity index (χ2v) is 6.47. The first kappa shape index (κ1) is 16.0. The molecule has 5 nitrogen and oxygen atoms in total. The van der Waals surface area contributed by atoms with Gasteiger partial charge in [-0.05, 0) is 31.7 Å². The molecule has 2 aromatic heterocycles. The summed E-state index contributed by atoms with van der Waals surface area (Å²) in [5.74, 6) is 0.567. The molecule has 0 aromatic carbocycles. The van der Waals surface area contributed by atoms with Gasteiger partial charge in [0, 0.05) is 24.5 Å². The minimum Gasteiger partial charge on any atom is -0.343 e. The van der Waals surface area contributed by atoms with Gasteiger partial charge in [0.2, 0.25) is 5.91 Å². The highest BCUT2D eigenvalue weighted by Gasteiger charge is 2.12. The van der Waals surface area contributed by atoms with E-state index >= 15 is 0 Å². The fourth-order valence-electron chi connectivity index (χ4n) is 1.99. The maximum absolute atomic E-state index is 12.0. The Hall–Kier alpha value is -1.34. The van der Waals surface area contributed by atoms with Gasteiger partial charge in [0.1, 0.15) is 6.33 Å². The summed E-state index contributed by atoms with van der Waals surface area (Å²) in [4.78, 5) is 15.2. The first-order chi connectivity index (χ1) is 10.2. The molecular weight excluding hydrogens is 304 g/mol. The molecule has 0 spiro atoms. The zero-order valence-corrected chi connectivity index (χ0v) is 14.0. The molecule has 0 bridgehead atoms. The molecule has 2 heterocycles. The standard InChI is InChI=1S/C14H20N4OS2/c1-3-17(4-2)13(19)10-21-14-16-15-11-18(14)8-7-12-6-5-9-20-12/h5-6,9,11H,3-4,7-8,10H2,1-2H3. The van der Waals surface area contributed by atoms with E-state index in [0.717, 1.165) is 31.2 Å². The fourth-order valence-corrected chi connectivity index (χ4v) is 3.53. The number of thiophene rings is 1. The summed E-state index contributed by atoms with van der Waals surface area (Å²) < 4.78 is 2.01. The second kappa shape index (κ2) is 8.19. The van der Waals surface area contributed by atoms with E-state index in [4.69, 9.17) is 0 Å². The van der Waals surface area contributed by atoms with Gasteiger partial charge in [0.15, 0.2) is 5.16 Å². The number of aromatic nitrogens is 3. The molecule has 0 N–H and O–H groups in total. The number of aryl methyl sites for hydroxylation is 2. The van der Waals surface area contributed by atoms with Crippen molar-refractivity contribution in [3.05, 3.63) is 28.7 Å². The third-order valence-corrected chi connectivity index (χ3v) is 5.10. The summed E-state index contributed by atoms with van der Waals surface area (Å²) in [7, 11) is 0. The highest BCUT2D eigenvalue weighted by Crippen LogP contribution is 2.17. The predicted molar refractivity (Wildman–Crippen MR) is 86.7 cm³/mol. The minimum atomic E-state index is 0.151. The number of rotatable bonds is 8. The molecule has 21 heavy (non-hydrogen) atoms. The van der Waals surface area contributed by atoms with E-state index in [1.165, 1.54) is 16.6 Å². The van der Waals surface area contributed by atoms with Gasteiger partial charge in [0.05, 0.1) is 5.75 Å². The van der Waals surface area contributed by atoms with E-state index < -0.39 is 0 Å². The van der Waals surface area contributed by atoms with Crippen molar-refractivity contribution in [2.24, 2.45) is 0 Å². The molecule has 0 aliphatic carbocycles. The lowest BCUT2D eigenvalue weighted by Gasteiger charge is -2.18. The lowest BCUT2D eigenvalue weighted by Crippen LogP contribution is -2.31. The predicted octanol–water partition coefficient (Wildman–Crippen LogP) is 2.54. The van der Waals surface area contributed by atoms with Gasteiger partial charge in [-0.1, -0.05) is 17.8 Å². The number of thioether (sulfide) groups is 1. The van der Waals surface area contributed by atoms with Crippen molar-refractivity contribution < 1.29 is 4.79 Å². The summed E-state index contributed by atoms with van der Waals surface area (Å²) in [6, 6.07) is 4.19. The van der Waals surface area contributed by atoms with Crippen LogP contribution >= 0.6 is 23.1 Å². The Labute approximate surface area is 133 Å². The van der Waals surface area contributed by atoms with Crippen molar-refractivity contribution in [3.8, 4) is 0 Å². The molecule has 7 heteroatoms. The second-order valence-electron chi connectivity index (χ2n) is 4.49. The number of hydrogen-bond acceptors (Lipinski definition) is 5. The van der Waals surface area contributed by atoms with Crippen LogP contribution in [-0.2, 0) is 17.8 Å². The summed E-state index contributed by atoms with van der Waals surface area (Å²) in [6.07, 6.45) is 2.70. The molecule has 0 fully saturated rings. The Morgan fingerprint density at radius 1 is 1.43 bits per heavy atom. The number of hydrogen-bond donors (Lipinski definition) is 0. The van der Waals surface area contributed by atoms with Gasteiger partial charge in [-0.15, -0.1) is 21.5 Å². The van der Waals surface area contributed by atoms with Crippen LogP contribution in [-0.4, -0.2) is 44.4 Å². The van der Waals surface area contributed by atoms with Gasteiger partial charge in [0.25, 0.3) is 0 Å². The van der Waals surface area contributed by atoms with Crippen molar-refractivity contribution in [1.82, 2.24) is 19.7 Å². The van der Waals surface area contributed by atoms with E-state index in [9.17, 15) is 4.79 Å². The molecule has 0 unspecified atom stereocenters. The molecule has 1 amide bonds. The molecule has 0 saturated heterocycles.